The van der Waals surface area contributed by atoms with Gasteiger partial charge in [0.2, 0.25) is 11.8 Å². The Kier molecular flexibility index (Phi) is 2.99. The summed E-state index contributed by atoms with van der Waals surface area (Å²) < 4.78 is 5.29. The maximum Gasteiger partial charge on any atom is 0.240 e. The van der Waals surface area contributed by atoms with Crippen LogP contribution in [0.5, 0.6) is 11.8 Å². The lowest BCUT2D eigenvalue weighted by Crippen LogP contribution is -1.91. The van der Waals surface area contributed by atoms with Crippen molar-refractivity contribution in [3.05, 3.63) is 40.6 Å². The van der Waals surface area contributed by atoms with Crippen molar-refractivity contribution in [2.24, 2.45) is 0 Å². The predicted molar refractivity (Wildman–Crippen MR) is 56.4 cm³/mol. The van der Waals surface area contributed by atoms with Crippen molar-refractivity contribution in [2.45, 2.75) is 0 Å². The van der Waals surface area contributed by atoms with E-state index in [9.17, 15) is 0 Å². The third-order valence-corrected chi connectivity index (χ3v) is 1.94. The van der Waals surface area contributed by atoms with Gasteiger partial charge in [-0.3, -0.25) is 0 Å². The van der Waals surface area contributed by atoms with Crippen LogP contribution in [0.25, 0.3) is 0 Å². The first-order valence-corrected chi connectivity index (χ1v) is 4.78. The van der Waals surface area contributed by atoms with Crippen LogP contribution >= 0.6 is 23.2 Å². The van der Waals surface area contributed by atoms with E-state index in [1.54, 1.807) is 24.3 Å². The normalized spacial score (nSPS) is 10.0. The smallest absolute Gasteiger partial charge is 0.240 e. The second-order valence-electron chi connectivity index (χ2n) is 2.61. The number of pyridine rings is 1. The Hall–Kier alpha value is -1.39. The minimum atomic E-state index is 0.311. The molecule has 0 aromatic carbocycles. The molecule has 6 heteroatoms. The molecule has 2 aromatic heterocycles. The van der Waals surface area contributed by atoms with Gasteiger partial charge in [-0.15, -0.1) is 10.2 Å². The van der Waals surface area contributed by atoms with Gasteiger partial charge in [0.05, 0.1) is 5.02 Å². The average Bonchev–Trinajstić information content (AvgIpc) is 2.25. The molecule has 0 saturated carbocycles. The first kappa shape index (κ1) is 10.1. The van der Waals surface area contributed by atoms with Gasteiger partial charge < -0.3 is 4.74 Å². The van der Waals surface area contributed by atoms with Crippen LogP contribution in [0.15, 0.2) is 30.5 Å². The van der Waals surface area contributed by atoms with Crippen LogP contribution in [0.3, 0.4) is 0 Å². The first-order chi connectivity index (χ1) is 7.24. The van der Waals surface area contributed by atoms with Gasteiger partial charge in [0.25, 0.3) is 0 Å². The summed E-state index contributed by atoms with van der Waals surface area (Å²) in [5, 5.41) is 8.21. The highest BCUT2D eigenvalue weighted by Crippen LogP contribution is 2.18. The molecule has 76 valence electrons. The molecule has 0 spiro atoms. The molecular formula is C9H5Cl2N3O. The topological polar surface area (TPSA) is 47.9 Å². The molecule has 2 rings (SSSR count). The van der Waals surface area contributed by atoms with Crippen molar-refractivity contribution in [1.29, 1.82) is 0 Å². The molecule has 0 saturated heterocycles. The standard InChI is InChI=1S/C9H5Cl2N3O/c10-6-1-3-8(12-5-6)15-9-4-2-7(11)13-14-9/h1-5H. The molecule has 2 heterocycles. The van der Waals surface area contributed by atoms with E-state index in [-0.39, 0.29) is 0 Å². The van der Waals surface area contributed by atoms with Crippen LogP contribution in [0, 0.1) is 0 Å². The van der Waals surface area contributed by atoms with Gasteiger partial charge in [-0.05, 0) is 12.1 Å². The highest BCUT2D eigenvalue weighted by Gasteiger charge is 2.00. The average molecular weight is 242 g/mol. The molecule has 0 bridgehead atoms. The van der Waals surface area contributed by atoms with E-state index in [0.29, 0.717) is 21.9 Å². The molecular weight excluding hydrogens is 237 g/mol. The molecule has 0 unspecified atom stereocenters. The van der Waals surface area contributed by atoms with E-state index < -0.39 is 0 Å². The zero-order chi connectivity index (χ0) is 10.7. The third-order valence-electron chi connectivity index (χ3n) is 1.52. The molecule has 0 atom stereocenters. The van der Waals surface area contributed by atoms with Crippen molar-refractivity contribution in [3.8, 4) is 11.8 Å². The molecule has 0 amide bonds. The maximum atomic E-state index is 5.67. The maximum absolute atomic E-state index is 5.67. The molecule has 0 aliphatic heterocycles. The summed E-state index contributed by atoms with van der Waals surface area (Å²) in [6.07, 6.45) is 1.49. The lowest BCUT2D eigenvalue weighted by atomic mass is 10.5. The van der Waals surface area contributed by atoms with Gasteiger partial charge in [-0.25, -0.2) is 4.98 Å². The Morgan fingerprint density at radius 1 is 0.933 bits per heavy atom. The van der Waals surface area contributed by atoms with Crippen LogP contribution in [-0.4, -0.2) is 15.2 Å². The lowest BCUT2D eigenvalue weighted by molar-refractivity contribution is 0.438. The van der Waals surface area contributed by atoms with E-state index in [2.05, 4.69) is 15.2 Å². The number of aromatic nitrogens is 3. The summed E-state index contributed by atoms with van der Waals surface area (Å²) in [7, 11) is 0. The molecule has 15 heavy (non-hydrogen) atoms. The fourth-order valence-electron chi connectivity index (χ4n) is 0.888. The zero-order valence-electron chi connectivity index (χ0n) is 7.39. The fraction of sp³-hybridized carbons (Fsp3) is 0. The number of nitrogens with zero attached hydrogens (tertiary/aromatic N) is 3. The van der Waals surface area contributed by atoms with Crippen molar-refractivity contribution in [3.63, 3.8) is 0 Å². The largest absolute Gasteiger partial charge is 0.419 e. The highest BCUT2D eigenvalue weighted by atomic mass is 35.5. The van der Waals surface area contributed by atoms with Crippen LogP contribution in [-0.2, 0) is 0 Å². The second-order valence-corrected chi connectivity index (χ2v) is 3.43. The molecule has 0 aliphatic carbocycles. The monoisotopic (exact) mass is 241 g/mol. The third kappa shape index (κ3) is 2.78. The molecule has 0 N–H and O–H groups in total. The van der Waals surface area contributed by atoms with Crippen molar-refractivity contribution in [1.82, 2.24) is 15.2 Å². The van der Waals surface area contributed by atoms with E-state index in [1.165, 1.54) is 6.20 Å². The predicted octanol–water partition coefficient (Wildman–Crippen LogP) is 2.97. The molecule has 2 aromatic rings. The van der Waals surface area contributed by atoms with Gasteiger partial charge in [-0.2, -0.15) is 0 Å². The van der Waals surface area contributed by atoms with E-state index in [1.807, 2.05) is 0 Å². The quantitative estimate of drug-likeness (QED) is 0.812. The Labute approximate surface area is 95.8 Å². The van der Waals surface area contributed by atoms with Gasteiger partial charge in [0, 0.05) is 18.3 Å². The number of rotatable bonds is 2. The summed E-state index contributed by atoms with van der Waals surface area (Å²) in [4.78, 5) is 3.94. The summed E-state index contributed by atoms with van der Waals surface area (Å²) >= 11 is 11.2. The van der Waals surface area contributed by atoms with Gasteiger partial charge >= 0.3 is 0 Å². The number of hydrogen-bond acceptors (Lipinski definition) is 4. The van der Waals surface area contributed by atoms with Crippen LogP contribution < -0.4 is 4.74 Å². The van der Waals surface area contributed by atoms with Crippen LogP contribution in [0.4, 0.5) is 0 Å². The van der Waals surface area contributed by atoms with Gasteiger partial charge in [0.1, 0.15) is 0 Å². The van der Waals surface area contributed by atoms with Crippen molar-refractivity contribution < 1.29 is 4.74 Å². The summed E-state index contributed by atoms with van der Waals surface area (Å²) in [5.74, 6) is 0.727. The van der Waals surface area contributed by atoms with E-state index in [4.69, 9.17) is 27.9 Å². The Balaban J connectivity index is 2.15. The summed E-state index contributed by atoms with van der Waals surface area (Å²) in [6.45, 7) is 0. The second kappa shape index (κ2) is 4.42. The first-order valence-electron chi connectivity index (χ1n) is 4.03. The van der Waals surface area contributed by atoms with Gasteiger partial charge in [-0.1, -0.05) is 23.2 Å². The lowest BCUT2D eigenvalue weighted by Gasteiger charge is -2.01. The SMILES string of the molecule is Clc1ccc(Oc2ccc(Cl)nn2)nc1. The fourth-order valence-corrected chi connectivity index (χ4v) is 1.10. The Morgan fingerprint density at radius 3 is 2.33 bits per heavy atom. The highest BCUT2D eigenvalue weighted by molar-refractivity contribution is 6.30. The number of halogens is 2. The van der Waals surface area contributed by atoms with E-state index >= 15 is 0 Å². The molecule has 0 radical (unpaired) electrons. The van der Waals surface area contributed by atoms with Gasteiger partial charge in [0.15, 0.2) is 5.15 Å². The van der Waals surface area contributed by atoms with Crippen molar-refractivity contribution >= 4 is 23.2 Å². The Bertz CT molecular complexity index is 400. The minimum absolute atomic E-state index is 0.311. The molecule has 4 nitrogen and oxygen atoms in total. The molecule has 0 aliphatic rings. The van der Waals surface area contributed by atoms with Crippen LogP contribution in [0.1, 0.15) is 0 Å². The Morgan fingerprint density at radius 2 is 1.73 bits per heavy atom. The summed E-state index contributed by atoms with van der Waals surface area (Å²) in [6, 6.07) is 6.50. The van der Waals surface area contributed by atoms with Crippen molar-refractivity contribution in [2.75, 3.05) is 0 Å². The summed E-state index contributed by atoms with van der Waals surface area (Å²) in [5.41, 5.74) is 0. The zero-order valence-corrected chi connectivity index (χ0v) is 8.90. The number of ether oxygens (including phenoxy) is 1. The minimum Gasteiger partial charge on any atom is -0.419 e. The number of hydrogen-bond donors (Lipinski definition) is 0. The molecule has 0 fully saturated rings. The van der Waals surface area contributed by atoms with E-state index in [0.717, 1.165) is 0 Å². The van der Waals surface area contributed by atoms with Crippen LogP contribution in [0.2, 0.25) is 10.2 Å².